The van der Waals surface area contributed by atoms with Crippen molar-refractivity contribution in [3.63, 3.8) is 0 Å². The second kappa shape index (κ2) is 15.6. The van der Waals surface area contributed by atoms with Crippen LogP contribution in [0.15, 0.2) is 35.3 Å². The van der Waals surface area contributed by atoms with Crippen LogP contribution in [0.4, 0.5) is 0 Å². The predicted molar refractivity (Wildman–Crippen MR) is 135 cm³/mol. The molecule has 0 atom stereocenters. The van der Waals surface area contributed by atoms with E-state index >= 15 is 0 Å². The molecule has 0 bridgehead atoms. The van der Waals surface area contributed by atoms with E-state index < -0.39 is 0 Å². The van der Waals surface area contributed by atoms with Crippen molar-refractivity contribution in [1.29, 1.82) is 0 Å². The van der Waals surface area contributed by atoms with Crippen molar-refractivity contribution in [3.8, 4) is 23.0 Å². The Morgan fingerprint density at radius 2 is 1.60 bits per heavy atom. The summed E-state index contributed by atoms with van der Waals surface area (Å²) in [5.41, 5.74) is 2.24. The summed E-state index contributed by atoms with van der Waals surface area (Å²) in [6.07, 6.45) is 1.61. The Balaban J connectivity index is 0.000000618. The molecular weight excluding hydrogens is 487 g/mol. The summed E-state index contributed by atoms with van der Waals surface area (Å²) in [5, 5.41) is 41.0. The zero-order valence-electron chi connectivity index (χ0n) is 21.8. The first-order chi connectivity index (χ1) is 16.3. The number of nitrogens with zero attached hydrogens (tertiary/aromatic N) is 1. The van der Waals surface area contributed by atoms with Crippen LogP contribution in [-0.2, 0) is 31.9 Å². The van der Waals surface area contributed by atoms with Gasteiger partial charge in [-0.1, -0.05) is 53.7 Å². The van der Waals surface area contributed by atoms with Crippen LogP contribution in [0.2, 0.25) is 0 Å². The summed E-state index contributed by atoms with van der Waals surface area (Å²) in [6, 6.07) is 8.88. The van der Waals surface area contributed by atoms with Gasteiger partial charge in [-0.3, -0.25) is 4.99 Å². The van der Waals surface area contributed by atoms with Gasteiger partial charge in [-0.25, -0.2) is 0 Å². The SMILES string of the molecule is CC(C)(C)c1cc(O)c(O)c(C(C)(C)C)c1.COc1cccc(C=NCCNCCO)c1O.[O]=[V]. The summed E-state index contributed by atoms with van der Waals surface area (Å²) in [6.45, 7) is 14.3. The number of methoxy groups -OCH3 is 1. The molecule has 5 N–H and O–H groups in total. The number of ether oxygens (including phenoxy) is 1. The van der Waals surface area contributed by atoms with Crippen LogP contribution in [0.25, 0.3) is 0 Å². The monoisotopic (exact) mass is 527 g/mol. The van der Waals surface area contributed by atoms with Crippen LogP contribution in [0.5, 0.6) is 23.0 Å². The Morgan fingerprint density at radius 3 is 2.11 bits per heavy atom. The van der Waals surface area contributed by atoms with Crippen LogP contribution < -0.4 is 10.1 Å². The number of aliphatic hydroxyl groups excluding tert-OH is 1. The van der Waals surface area contributed by atoms with Gasteiger partial charge in [0, 0.05) is 30.4 Å². The molecule has 0 heterocycles. The van der Waals surface area contributed by atoms with E-state index in [9.17, 15) is 15.3 Å². The zero-order chi connectivity index (χ0) is 27.2. The first-order valence-electron chi connectivity index (χ1n) is 11.3. The summed E-state index contributed by atoms with van der Waals surface area (Å²) < 4.78 is 13.2. The van der Waals surface area contributed by atoms with Gasteiger partial charge in [0.25, 0.3) is 0 Å². The maximum atomic E-state index is 9.87. The van der Waals surface area contributed by atoms with Crippen molar-refractivity contribution in [1.82, 2.24) is 5.32 Å². The fraction of sp³-hybridized carbons (Fsp3) is 0.500. The van der Waals surface area contributed by atoms with E-state index in [0.717, 1.165) is 28.5 Å². The molecule has 0 radical (unpaired) electrons. The molecule has 0 spiro atoms. The van der Waals surface area contributed by atoms with E-state index in [1.807, 2.05) is 26.8 Å². The van der Waals surface area contributed by atoms with E-state index in [0.29, 0.717) is 30.9 Å². The number of nitrogens with one attached hydrogen (secondary N) is 1. The second-order valence-electron chi connectivity index (χ2n) is 9.80. The Morgan fingerprint density at radius 1 is 0.971 bits per heavy atom. The van der Waals surface area contributed by atoms with Gasteiger partial charge in [-0.05, 0) is 34.6 Å². The van der Waals surface area contributed by atoms with Gasteiger partial charge >= 0.3 is 21.0 Å². The fourth-order valence-corrected chi connectivity index (χ4v) is 2.94. The Kier molecular flexibility index (Phi) is 14.5. The molecule has 2 rings (SSSR count). The molecule has 2 aromatic carbocycles. The van der Waals surface area contributed by atoms with Crippen molar-refractivity contribution < 1.29 is 46.2 Å². The molecule has 0 aromatic heterocycles. The van der Waals surface area contributed by atoms with Crippen LogP contribution in [-0.4, -0.2) is 60.0 Å². The average Bonchev–Trinajstić information content (AvgIpc) is 2.79. The van der Waals surface area contributed by atoms with Crippen molar-refractivity contribution in [3.05, 3.63) is 47.0 Å². The van der Waals surface area contributed by atoms with Crippen LogP contribution in [0, 0.1) is 0 Å². The van der Waals surface area contributed by atoms with Gasteiger partial charge in [0.15, 0.2) is 23.0 Å². The first-order valence-corrected chi connectivity index (χ1v) is 11.8. The van der Waals surface area contributed by atoms with Crippen LogP contribution >= 0.6 is 0 Å². The number of hydrogen-bond donors (Lipinski definition) is 5. The third-order valence-electron chi connectivity index (χ3n) is 4.95. The van der Waals surface area contributed by atoms with Gasteiger partial charge < -0.3 is 30.5 Å². The second-order valence-corrected chi connectivity index (χ2v) is 9.80. The number of para-hydroxylation sites is 1. The summed E-state index contributed by atoms with van der Waals surface area (Å²) in [5.74, 6) is 0.507. The molecule has 0 aliphatic carbocycles. The summed E-state index contributed by atoms with van der Waals surface area (Å²) >= 11 is 1.06. The number of benzene rings is 2. The molecule has 0 amide bonds. The van der Waals surface area contributed by atoms with E-state index in [4.69, 9.17) is 13.5 Å². The zero-order valence-corrected chi connectivity index (χ0v) is 23.2. The van der Waals surface area contributed by atoms with Crippen molar-refractivity contribution in [2.24, 2.45) is 4.99 Å². The van der Waals surface area contributed by atoms with Gasteiger partial charge in [0.1, 0.15) is 0 Å². The summed E-state index contributed by atoms with van der Waals surface area (Å²) in [7, 11) is 1.51. The molecule has 0 saturated heterocycles. The van der Waals surface area contributed by atoms with Crippen LogP contribution in [0.1, 0.15) is 58.2 Å². The molecule has 8 nitrogen and oxygen atoms in total. The third-order valence-corrected chi connectivity index (χ3v) is 4.95. The molecule has 0 aliphatic heterocycles. The Bertz CT molecular complexity index is 937. The Hall–Kier alpha value is -2.39. The number of aliphatic imine (C=N–C) groups is 1. The maximum absolute atomic E-state index is 9.87. The fourth-order valence-electron chi connectivity index (χ4n) is 2.94. The number of aliphatic hydroxyl groups is 1. The number of aromatic hydroxyl groups is 3. The van der Waals surface area contributed by atoms with E-state index in [1.165, 1.54) is 7.11 Å². The third kappa shape index (κ3) is 11.3. The van der Waals surface area contributed by atoms with Crippen LogP contribution in [0.3, 0.4) is 0 Å². The quantitative estimate of drug-likeness (QED) is 0.209. The predicted octanol–water partition coefficient (Wildman–Crippen LogP) is 3.97. The average molecular weight is 528 g/mol. The molecule has 35 heavy (non-hydrogen) atoms. The molecule has 0 fully saturated rings. The number of phenolic OH excluding ortho intramolecular Hbond substituents is 3. The number of hydrogen-bond acceptors (Lipinski definition) is 8. The topological polar surface area (TPSA) is 132 Å². The minimum atomic E-state index is -0.178. The Labute approximate surface area is 218 Å². The first kappa shape index (κ1) is 32.6. The molecular formula is C26H40N2O6V. The van der Waals surface area contributed by atoms with E-state index in [-0.39, 0.29) is 34.7 Å². The van der Waals surface area contributed by atoms with E-state index in [2.05, 4.69) is 31.1 Å². The molecule has 9 heteroatoms. The molecule has 0 aliphatic rings. The van der Waals surface area contributed by atoms with Crippen molar-refractivity contribution >= 4 is 6.21 Å². The van der Waals surface area contributed by atoms with Gasteiger partial charge in [0.05, 0.1) is 20.3 Å². The van der Waals surface area contributed by atoms with Gasteiger partial charge in [-0.15, -0.1) is 0 Å². The number of rotatable bonds is 7. The molecule has 0 saturated carbocycles. The van der Waals surface area contributed by atoms with E-state index in [1.54, 1.807) is 30.5 Å². The van der Waals surface area contributed by atoms with Crippen molar-refractivity contribution in [2.75, 3.05) is 33.4 Å². The molecule has 195 valence electrons. The van der Waals surface area contributed by atoms with Crippen molar-refractivity contribution in [2.45, 2.75) is 52.4 Å². The molecule has 0 unspecified atom stereocenters. The van der Waals surface area contributed by atoms with Gasteiger partial charge in [0.2, 0.25) is 0 Å². The molecule has 2 aromatic rings. The minimum absolute atomic E-state index is 0.000463. The number of phenols is 3. The normalized spacial score (nSPS) is 11.3. The standard InChI is InChI=1S/C14H22O2.C12H18N2O3.O.V/c1-13(2,3)9-7-10(14(4,5)6)12(16)11(15)8-9;1-17-11-4-2-3-10(12(11)16)9-14-6-5-13-7-8-15;;/h7-8,15-16H,1-6H3;2-4,9,13,15-16H,5-8H2,1H3;;. The van der Waals surface area contributed by atoms with Gasteiger partial charge in [-0.2, -0.15) is 0 Å². The summed E-state index contributed by atoms with van der Waals surface area (Å²) in [4.78, 5) is 4.16.